The number of aliphatic imine (C=N–C) groups is 1. The Labute approximate surface area is 131 Å². The second-order valence-electron chi connectivity index (χ2n) is 6.05. The number of hydrogen-bond acceptors (Lipinski definition) is 4. The third-order valence-electron chi connectivity index (χ3n) is 4.25. The minimum absolute atomic E-state index is 0.722. The van der Waals surface area contributed by atoms with Crippen molar-refractivity contribution in [1.82, 2.24) is 9.97 Å². The zero-order valence-electron chi connectivity index (χ0n) is 14.0. The first kappa shape index (κ1) is 14.9. The molecule has 0 amide bonds. The first-order valence-electron chi connectivity index (χ1n) is 7.44. The Morgan fingerprint density at radius 3 is 2.41 bits per heavy atom. The number of methoxy groups -OCH3 is 1. The van der Waals surface area contributed by atoms with Gasteiger partial charge >= 0.3 is 0 Å². The van der Waals surface area contributed by atoms with Gasteiger partial charge in [0.1, 0.15) is 11.5 Å². The van der Waals surface area contributed by atoms with E-state index in [1.165, 1.54) is 11.1 Å². The second-order valence-corrected chi connectivity index (χ2v) is 6.05. The quantitative estimate of drug-likeness (QED) is 0.853. The van der Waals surface area contributed by atoms with E-state index in [4.69, 9.17) is 9.73 Å². The highest BCUT2D eigenvalue weighted by Crippen LogP contribution is 2.38. The summed E-state index contributed by atoms with van der Waals surface area (Å²) in [7, 11) is 1.68. The molecule has 22 heavy (non-hydrogen) atoms. The first-order valence-corrected chi connectivity index (χ1v) is 7.44. The standard InChI is InChI=1S/C18H21N3O/c1-10-7-8-14(11(2)9-10)16-17-15(18(5,21-16)22-6)12(3)19-13(4)20-17/h7-9H,1-6H3. The number of fused-ring (bicyclic) bond motifs is 1. The molecule has 0 radical (unpaired) electrons. The van der Waals surface area contributed by atoms with E-state index in [9.17, 15) is 0 Å². The first-order chi connectivity index (χ1) is 10.4. The van der Waals surface area contributed by atoms with Crippen LogP contribution in [0.3, 0.4) is 0 Å². The molecule has 0 N–H and O–H groups in total. The molecule has 0 saturated heterocycles. The van der Waals surface area contributed by atoms with Crippen molar-refractivity contribution >= 4 is 5.71 Å². The van der Waals surface area contributed by atoms with Gasteiger partial charge in [-0.3, -0.25) is 0 Å². The minimum Gasteiger partial charge on any atom is -0.353 e. The summed E-state index contributed by atoms with van der Waals surface area (Å²) in [6.07, 6.45) is 0. The molecule has 1 atom stereocenters. The van der Waals surface area contributed by atoms with Gasteiger partial charge in [-0.2, -0.15) is 0 Å². The molecule has 0 aliphatic carbocycles. The van der Waals surface area contributed by atoms with Crippen LogP contribution in [0.2, 0.25) is 0 Å². The average Bonchev–Trinajstić information content (AvgIpc) is 2.73. The Morgan fingerprint density at radius 2 is 1.77 bits per heavy atom. The van der Waals surface area contributed by atoms with Crippen LogP contribution in [-0.2, 0) is 10.5 Å². The van der Waals surface area contributed by atoms with Crippen LogP contribution in [0.15, 0.2) is 23.2 Å². The molecule has 3 rings (SSSR count). The highest BCUT2D eigenvalue weighted by atomic mass is 16.5. The molecular formula is C18H21N3O. The minimum atomic E-state index is -0.722. The number of benzene rings is 1. The van der Waals surface area contributed by atoms with Gasteiger partial charge in [0.25, 0.3) is 0 Å². The lowest BCUT2D eigenvalue weighted by Crippen LogP contribution is -2.21. The van der Waals surface area contributed by atoms with Crippen LogP contribution in [0.5, 0.6) is 0 Å². The zero-order chi connectivity index (χ0) is 16.1. The smallest absolute Gasteiger partial charge is 0.186 e. The van der Waals surface area contributed by atoms with Gasteiger partial charge in [0.05, 0.1) is 11.3 Å². The van der Waals surface area contributed by atoms with Gasteiger partial charge in [0, 0.05) is 18.4 Å². The van der Waals surface area contributed by atoms with Crippen LogP contribution < -0.4 is 0 Å². The van der Waals surface area contributed by atoms with Crippen molar-refractivity contribution in [2.75, 3.05) is 7.11 Å². The highest BCUT2D eigenvalue weighted by molar-refractivity contribution is 6.15. The number of hydrogen-bond donors (Lipinski definition) is 0. The summed E-state index contributed by atoms with van der Waals surface area (Å²) in [5.74, 6) is 0.758. The topological polar surface area (TPSA) is 47.4 Å². The van der Waals surface area contributed by atoms with Crippen molar-refractivity contribution in [3.8, 4) is 0 Å². The monoisotopic (exact) mass is 295 g/mol. The van der Waals surface area contributed by atoms with E-state index >= 15 is 0 Å². The molecule has 1 unspecified atom stereocenters. The van der Waals surface area contributed by atoms with Crippen molar-refractivity contribution in [3.63, 3.8) is 0 Å². The number of aryl methyl sites for hydroxylation is 4. The lowest BCUT2D eigenvalue weighted by Gasteiger charge is -2.21. The van der Waals surface area contributed by atoms with E-state index in [1.807, 2.05) is 20.8 Å². The molecular weight excluding hydrogens is 274 g/mol. The summed E-state index contributed by atoms with van der Waals surface area (Å²) < 4.78 is 5.69. The van der Waals surface area contributed by atoms with Crippen LogP contribution in [0, 0.1) is 27.7 Å². The molecule has 1 aromatic heterocycles. The molecule has 0 bridgehead atoms. The van der Waals surface area contributed by atoms with Crippen LogP contribution in [0.4, 0.5) is 0 Å². The van der Waals surface area contributed by atoms with Gasteiger partial charge in [-0.1, -0.05) is 23.8 Å². The Balaban J connectivity index is 2.29. The van der Waals surface area contributed by atoms with Gasteiger partial charge in [-0.15, -0.1) is 0 Å². The number of rotatable bonds is 2. The fraction of sp³-hybridized carbons (Fsp3) is 0.389. The normalized spacial score (nSPS) is 20.0. The summed E-state index contributed by atoms with van der Waals surface area (Å²) in [5.41, 5.74) is 6.49. The molecule has 114 valence electrons. The number of ether oxygens (including phenoxy) is 1. The molecule has 4 heteroatoms. The van der Waals surface area contributed by atoms with Crippen molar-refractivity contribution in [2.24, 2.45) is 4.99 Å². The lowest BCUT2D eigenvalue weighted by atomic mass is 9.97. The van der Waals surface area contributed by atoms with Crippen molar-refractivity contribution in [1.29, 1.82) is 0 Å². The lowest BCUT2D eigenvalue weighted by molar-refractivity contribution is 0.0122. The summed E-state index contributed by atoms with van der Waals surface area (Å²) >= 11 is 0. The SMILES string of the molecule is COC1(C)N=C(c2ccc(C)cc2C)c2nc(C)nc(C)c21. The summed E-state index contributed by atoms with van der Waals surface area (Å²) in [6.45, 7) is 10.1. The maximum atomic E-state index is 5.69. The van der Waals surface area contributed by atoms with E-state index in [1.54, 1.807) is 7.11 Å². The summed E-state index contributed by atoms with van der Waals surface area (Å²) in [5, 5.41) is 0. The molecule has 0 saturated carbocycles. The molecule has 0 fully saturated rings. The van der Waals surface area contributed by atoms with Crippen LogP contribution in [0.25, 0.3) is 0 Å². The van der Waals surface area contributed by atoms with Crippen LogP contribution >= 0.6 is 0 Å². The predicted octanol–water partition coefficient (Wildman–Crippen LogP) is 3.38. The predicted molar refractivity (Wildman–Crippen MR) is 87.4 cm³/mol. The number of nitrogens with zero attached hydrogens (tertiary/aromatic N) is 3. The third kappa shape index (κ3) is 2.15. The maximum Gasteiger partial charge on any atom is 0.186 e. The molecule has 1 aliphatic rings. The maximum absolute atomic E-state index is 5.69. The van der Waals surface area contributed by atoms with Gasteiger partial charge in [-0.25, -0.2) is 15.0 Å². The Kier molecular flexibility index (Phi) is 3.37. The zero-order valence-corrected chi connectivity index (χ0v) is 14.0. The van der Waals surface area contributed by atoms with Gasteiger partial charge in [0.2, 0.25) is 0 Å². The van der Waals surface area contributed by atoms with Gasteiger partial charge in [0.15, 0.2) is 5.72 Å². The van der Waals surface area contributed by atoms with Crippen LogP contribution in [-0.4, -0.2) is 22.8 Å². The Bertz CT molecular complexity index is 795. The summed E-state index contributed by atoms with van der Waals surface area (Å²) in [6, 6.07) is 6.39. The molecule has 4 nitrogen and oxygen atoms in total. The molecule has 0 spiro atoms. The van der Waals surface area contributed by atoms with Crippen LogP contribution in [0.1, 0.15) is 46.4 Å². The molecule has 1 aromatic carbocycles. The van der Waals surface area contributed by atoms with E-state index in [-0.39, 0.29) is 0 Å². The largest absolute Gasteiger partial charge is 0.353 e. The van der Waals surface area contributed by atoms with Crippen molar-refractivity contribution in [3.05, 3.63) is 57.7 Å². The second kappa shape index (κ2) is 4.99. The fourth-order valence-electron chi connectivity index (χ4n) is 3.18. The summed E-state index contributed by atoms with van der Waals surface area (Å²) in [4.78, 5) is 14.0. The highest BCUT2D eigenvalue weighted by Gasteiger charge is 2.40. The Morgan fingerprint density at radius 1 is 1.05 bits per heavy atom. The Hall–Kier alpha value is -2.07. The van der Waals surface area contributed by atoms with Gasteiger partial charge in [-0.05, 0) is 40.2 Å². The van der Waals surface area contributed by atoms with E-state index in [0.29, 0.717) is 0 Å². The van der Waals surface area contributed by atoms with E-state index in [2.05, 4.69) is 42.0 Å². The molecule has 2 heterocycles. The average molecular weight is 295 g/mol. The fourth-order valence-corrected chi connectivity index (χ4v) is 3.18. The van der Waals surface area contributed by atoms with E-state index < -0.39 is 5.72 Å². The number of aromatic nitrogens is 2. The molecule has 1 aliphatic heterocycles. The van der Waals surface area contributed by atoms with E-state index in [0.717, 1.165) is 34.1 Å². The third-order valence-corrected chi connectivity index (χ3v) is 4.25. The van der Waals surface area contributed by atoms with Crippen molar-refractivity contribution < 1.29 is 4.74 Å². The van der Waals surface area contributed by atoms with Crippen molar-refractivity contribution in [2.45, 2.75) is 40.3 Å². The molecule has 2 aromatic rings. The van der Waals surface area contributed by atoms with Gasteiger partial charge < -0.3 is 4.74 Å².